The van der Waals surface area contributed by atoms with E-state index in [9.17, 15) is 14.7 Å². The summed E-state index contributed by atoms with van der Waals surface area (Å²) in [7, 11) is 0. The molecule has 1 aliphatic carbocycles. The van der Waals surface area contributed by atoms with Crippen molar-refractivity contribution in [2.24, 2.45) is 0 Å². The number of rotatable bonds is 5. The third kappa shape index (κ3) is 3.82. The maximum atomic E-state index is 12.0. The summed E-state index contributed by atoms with van der Waals surface area (Å²) in [4.78, 5) is 24.6. The topological polar surface area (TPSA) is 66.4 Å². The molecule has 1 saturated carbocycles. The predicted octanol–water partition coefficient (Wildman–Crippen LogP) is 3.35. The van der Waals surface area contributed by atoms with Crippen molar-refractivity contribution < 1.29 is 14.7 Å². The molecule has 0 unspecified atom stereocenters. The van der Waals surface area contributed by atoms with E-state index in [0.29, 0.717) is 25.7 Å². The summed E-state index contributed by atoms with van der Waals surface area (Å²) in [5.41, 5.74) is -1.04. The minimum atomic E-state index is -1.04. The fraction of sp³-hybridized carbons (Fsp3) is 0.571. The SMILES string of the molecule is O=C(CCc1cc(Br)cs1)NC1(C(=O)O)CCCCC1. The zero-order valence-electron chi connectivity index (χ0n) is 11.2. The Bertz CT molecular complexity index is 494. The van der Waals surface area contributed by atoms with E-state index in [2.05, 4.69) is 21.2 Å². The molecule has 20 heavy (non-hydrogen) atoms. The Morgan fingerprint density at radius 1 is 1.35 bits per heavy atom. The van der Waals surface area contributed by atoms with E-state index in [1.165, 1.54) is 0 Å². The fourth-order valence-corrected chi connectivity index (χ4v) is 4.05. The third-order valence-electron chi connectivity index (χ3n) is 3.72. The highest BCUT2D eigenvalue weighted by Gasteiger charge is 2.40. The van der Waals surface area contributed by atoms with Gasteiger partial charge >= 0.3 is 5.97 Å². The van der Waals surface area contributed by atoms with Gasteiger partial charge < -0.3 is 10.4 Å². The quantitative estimate of drug-likeness (QED) is 0.846. The molecule has 1 amide bonds. The molecule has 0 bridgehead atoms. The Hall–Kier alpha value is -0.880. The predicted molar refractivity (Wildman–Crippen MR) is 81.9 cm³/mol. The van der Waals surface area contributed by atoms with E-state index in [0.717, 1.165) is 28.6 Å². The summed E-state index contributed by atoms with van der Waals surface area (Å²) in [5, 5.41) is 14.1. The number of carboxylic acids is 1. The summed E-state index contributed by atoms with van der Waals surface area (Å²) in [6, 6.07) is 1.99. The van der Waals surface area contributed by atoms with E-state index in [1.807, 2.05) is 11.4 Å². The van der Waals surface area contributed by atoms with Gasteiger partial charge in [0.25, 0.3) is 0 Å². The fourth-order valence-electron chi connectivity index (χ4n) is 2.60. The first-order valence-corrected chi connectivity index (χ1v) is 8.46. The first-order valence-electron chi connectivity index (χ1n) is 6.79. The van der Waals surface area contributed by atoms with Crippen molar-refractivity contribution in [2.75, 3.05) is 0 Å². The molecule has 6 heteroatoms. The molecule has 1 heterocycles. The van der Waals surface area contributed by atoms with Crippen LogP contribution in [0.2, 0.25) is 0 Å². The number of thiophene rings is 1. The van der Waals surface area contributed by atoms with Crippen LogP contribution in [0.15, 0.2) is 15.9 Å². The lowest BCUT2D eigenvalue weighted by Gasteiger charge is -2.34. The highest BCUT2D eigenvalue weighted by Crippen LogP contribution is 2.29. The molecule has 1 fully saturated rings. The van der Waals surface area contributed by atoms with Crippen LogP contribution in [0.3, 0.4) is 0 Å². The van der Waals surface area contributed by atoms with E-state index in [-0.39, 0.29) is 5.91 Å². The Kier molecular flexibility index (Phi) is 5.21. The van der Waals surface area contributed by atoms with Crippen LogP contribution < -0.4 is 5.32 Å². The largest absolute Gasteiger partial charge is 0.480 e. The molecule has 0 spiro atoms. The lowest BCUT2D eigenvalue weighted by Crippen LogP contribution is -2.55. The number of hydrogen-bond acceptors (Lipinski definition) is 3. The number of carbonyl (C=O) groups is 2. The van der Waals surface area contributed by atoms with E-state index in [1.54, 1.807) is 11.3 Å². The van der Waals surface area contributed by atoms with Gasteiger partial charge in [0.1, 0.15) is 5.54 Å². The molecule has 2 rings (SSSR count). The van der Waals surface area contributed by atoms with Crippen molar-refractivity contribution >= 4 is 39.1 Å². The smallest absolute Gasteiger partial charge is 0.329 e. The molecule has 0 aromatic carbocycles. The summed E-state index contributed by atoms with van der Waals surface area (Å²) in [6.07, 6.45) is 4.85. The summed E-state index contributed by atoms with van der Waals surface area (Å²) in [5.74, 6) is -1.07. The van der Waals surface area contributed by atoms with Crippen LogP contribution >= 0.6 is 27.3 Å². The standard InChI is InChI=1S/C14H18BrNO3S/c15-10-8-11(20-9-10)4-5-12(17)16-14(13(18)19)6-2-1-3-7-14/h8-9H,1-7H2,(H,16,17)(H,18,19). The zero-order valence-corrected chi connectivity index (χ0v) is 13.6. The molecule has 4 nitrogen and oxygen atoms in total. The van der Waals surface area contributed by atoms with Gasteiger partial charge in [-0.05, 0) is 41.3 Å². The van der Waals surface area contributed by atoms with Gasteiger partial charge in [-0.3, -0.25) is 4.79 Å². The van der Waals surface area contributed by atoms with Gasteiger partial charge in [-0.15, -0.1) is 11.3 Å². The molecule has 1 aliphatic rings. The lowest BCUT2D eigenvalue weighted by molar-refractivity contribution is -0.149. The maximum Gasteiger partial charge on any atom is 0.329 e. The summed E-state index contributed by atoms with van der Waals surface area (Å²) < 4.78 is 1.02. The molecule has 0 aliphatic heterocycles. The normalized spacial score (nSPS) is 17.6. The zero-order chi connectivity index (χ0) is 14.6. The Balaban J connectivity index is 1.90. The highest BCUT2D eigenvalue weighted by molar-refractivity contribution is 9.10. The number of hydrogen-bond donors (Lipinski definition) is 2. The third-order valence-corrected chi connectivity index (χ3v) is 5.47. The minimum absolute atomic E-state index is 0.168. The molecule has 1 aromatic rings. The van der Waals surface area contributed by atoms with E-state index in [4.69, 9.17) is 0 Å². The monoisotopic (exact) mass is 359 g/mol. The lowest BCUT2D eigenvalue weighted by atomic mass is 9.81. The van der Waals surface area contributed by atoms with Crippen LogP contribution in [0.1, 0.15) is 43.4 Å². The molecule has 110 valence electrons. The number of carboxylic acid groups (broad SMARTS) is 1. The molecule has 1 aromatic heterocycles. The van der Waals surface area contributed by atoms with Crippen LogP contribution in [0.5, 0.6) is 0 Å². The average molecular weight is 360 g/mol. The van der Waals surface area contributed by atoms with Gasteiger partial charge in [-0.25, -0.2) is 4.79 Å². The van der Waals surface area contributed by atoms with Crippen molar-refractivity contribution in [1.82, 2.24) is 5.32 Å². The minimum Gasteiger partial charge on any atom is -0.480 e. The van der Waals surface area contributed by atoms with Crippen LogP contribution in [0.25, 0.3) is 0 Å². The van der Waals surface area contributed by atoms with Crippen LogP contribution in [0, 0.1) is 0 Å². The van der Waals surface area contributed by atoms with Gasteiger partial charge in [0.05, 0.1) is 0 Å². The van der Waals surface area contributed by atoms with Crippen molar-refractivity contribution in [1.29, 1.82) is 0 Å². The molecular formula is C14H18BrNO3S. The summed E-state index contributed by atoms with van der Waals surface area (Å²) >= 11 is 4.98. The molecule has 0 saturated heterocycles. The van der Waals surface area contributed by atoms with Crippen molar-refractivity contribution in [3.8, 4) is 0 Å². The van der Waals surface area contributed by atoms with Crippen LogP contribution in [-0.2, 0) is 16.0 Å². The highest BCUT2D eigenvalue weighted by atomic mass is 79.9. The van der Waals surface area contributed by atoms with Gasteiger partial charge in [-0.2, -0.15) is 0 Å². The van der Waals surface area contributed by atoms with Gasteiger partial charge in [-0.1, -0.05) is 19.3 Å². The number of amides is 1. The summed E-state index contributed by atoms with van der Waals surface area (Å²) in [6.45, 7) is 0. The Labute approximate surface area is 130 Å². The molecular weight excluding hydrogens is 342 g/mol. The second kappa shape index (κ2) is 6.72. The number of carbonyl (C=O) groups excluding carboxylic acids is 1. The Morgan fingerprint density at radius 3 is 2.60 bits per heavy atom. The van der Waals surface area contributed by atoms with Gasteiger partial charge in [0, 0.05) is 21.2 Å². The number of nitrogens with one attached hydrogen (secondary N) is 1. The van der Waals surface area contributed by atoms with E-state index < -0.39 is 11.5 Å². The average Bonchev–Trinajstić information content (AvgIpc) is 2.83. The van der Waals surface area contributed by atoms with Gasteiger partial charge in [0.15, 0.2) is 0 Å². The van der Waals surface area contributed by atoms with Gasteiger partial charge in [0.2, 0.25) is 5.91 Å². The molecule has 0 radical (unpaired) electrons. The van der Waals surface area contributed by atoms with E-state index >= 15 is 0 Å². The molecule has 2 N–H and O–H groups in total. The number of aryl methyl sites for hydroxylation is 1. The second-order valence-electron chi connectivity index (χ2n) is 5.23. The Morgan fingerprint density at radius 2 is 2.05 bits per heavy atom. The van der Waals surface area contributed by atoms with Crippen molar-refractivity contribution in [3.63, 3.8) is 0 Å². The second-order valence-corrected chi connectivity index (χ2v) is 7.14. The van der Waals surface area contributed by atoms with Crippen molar-refractivity contribution in [2.45, 2.75) is 50.5 Å². The van der Waals surface area contributed by atoms with Crippen LogP contribution in [0.4, 0.5) is 0 Å². The number of aliphatic carboxylic acids is 1. The molecule has 0 atom stereocenters. The number of halogens is 1. The first-order chi connectivity index (χ1) is 9.52. The van der Waals surface area contributed by atoms with Crippen LogP contribution in [-0.4, -0.2) is 22.5 Å². The maximum absolute atomic E-state index is 12.0. The first kappa shape index (κ1) is 15.5. The van der Waals surface area contributed by atoms with Crippen molar-refractivity contribution in [3.05, 3.63) is 20.8 Å².